The number of hydrogen-bond acceptors (Lipinski definition) is 3. The number of nitriles is 1. The van der Waals surface area contributed by atoms with Crippen LogP contribution < -0.4 is 0 Å². The van der Waals surface area contributed by atoms with E-state index in [0.29, 0.717) is 5.54 Å². The molecule has 0 aromatic carbocycles. The lowest BCUT2D eigenvalue weighted by Crippen LogP contribution is -2.57. The number of likely N-dealkylation sites (tertiary alicyclic amines) is 1. The molecular formula is C12H20N2O. The summed E-state index contributed by atoms with van der Waals surface area (Å²) in [7, 11) is 0. The highest BCUT2D eigenvalue weighted by molar-refractivity contribution is 4.99. The van der Waals surface area contributed by atoms with Gasteiger partial charge in [-0.15, -0.1) is 0 Å². The molecule has 2 aliphatic rings. The maximum Gasteiger partial charge on any atom is 0.286 e. The van der Waals surface area contributed by atoms with Crippen LogP contribution in [0.1, 0.15) is 39.5 Å². The van der Waals surface area contributed by atoms with Gasteiger partial charge >= 0.3 is 0 Å². The Labute approximate surface area is 92.0 Å². The summed E-state index contributed by atoms with van der Waals surface area (Å²) in [5.74, 6) is 0.892. The van der Waals surface area contributed by atoms with Gasteiger partial charge in [0.05, 0.1) is 0 Å². The van der Waals surface area contributed by atoms with Crippen LogP contribution in [0.2, 0.25) is 0 Å². The lowest BCUT2D eigenvalue weighted by atomic mass is 9.69. The van der Waals surface area contributed by atoms with E-state index < -0.39 is 0 Å². The predicted octanol–water partition coefficient (Wildman–Crippen LogP) is 2.14. The van der Waals surface area contributed by atoms with Gasteiger partial charge in [0.15, 0.2) is 0 Å². The number of ether oxygens (including phenoxy) is 1. The van der Waals surface area contributed by atoms with Crippen molar-refractivity contribution in [1.29, 1.82) is 5.26 Å². The number of hydrogen-bond donors (Lipinski definition) is 0. The van der Waals surface area contributed by atoms with Crippen LogP contribution in [0, 0.1) is 17.4 Å². The highest BCUT2D eigenvalue weighted by atomic mass is 16.5. The van der Waals surface area contributed by atoms with E-state index in [9.17, 15) is 0 Å². The second kappa shape index (κ2) is 4.02. The van der Waals surface area contributed by atoms with Gasteiger partial charge < -0.3 is 4.74 Å². The SMILES string of the molecule is CC1CC(C)(N2CCC(OC#N)CC2)C1. The van der Waals surface area contributed by atoms with E-state index in [-0.39, 0.29) is 6.10 Å². The maximum absolute atomic E-state index is 8.45. The van der Waals surface area contributed by atoms with Crippen LogP contribution in [0.4, 0.5) is 0 Å². The van der Waals surface area contributed by atoms with Crippen molar-refractivity contribution < 1.29 is 4.74 Å². The number of piperidine rings is 1. The van der Waals surface area contributed by atoms with Crippen molar-refractivity contribution >= 4 is 0 Å². The summed E-state index contributed by atoms with van der Waals surface area (Å²) in [6, 6.07) is 0. The Balaban J connectivity index is 1.81. The fraction of sp³-hybridized carbons (Fsp3) is 0.917. The Morgan fingerprint density at radius 3 is 2.40 bits per heavy atom. The second-order valence-corrected chi connectivity index (χ2v) is 5.41. The van der Waals surface area contributed by atoms with Crippen molar-refractivity contribution in [2.24, 2.45) is 5.92 Å². The highest BCUT2D eigenvalue weighted by Crippen LogP contribution is 2.42. The predicted molar refractivity (Wildman–Crippen MR) is 58.1 cm³/mol. The number of rotatable bonds is 2. The molecule has 0 atom stereocenters. The van der Waals surface area contributed by atoms with E-state index in [0.717, 1.165) is 31.8 Å². The van der Waals surface area contributed by atoms with Crippen molar-refractivity contribution in [3.8, 4) is 6.26 Å². The Kier molecular flexibility index (Phi) is 2.88. The number of nitrogens with zero attached hydrogens (tertiary/aromatic N) is 2. The van der Waals surface area contributed by atoms with Gasteiger partial charge in [-0.05, 0) is 38.5 Å². The Hall–Kier alpha value is -0.750. The van der Waals surface area contributed by atoms with Gasteiger partial charge in [-0.2, -0.15) is 5.26 Å². The maximum atomic E-state index is 8.45. The van der Waals surface area contributed by atoms with E-state index in [1.165, 1.54) is 12.8 Å². The second-order valence-electron chi connectivity index (χ2n) is 5.41. The molecule has 84 valence electrons. The van der Waals surface area contributed by atoms with E-state index in [2.05, 4.69) is 18.7 Å². The molecule has 15 heavy (non-hydrogen) atoms. The smallest absolute Gasteiger partial charge is 0.286 e. The van der Waals surface area contributed by atoms with Crippen LogP contribution in [0.25, 0.3) is 0 Å². The summed E-state index contributed by atoms with van der Waals surface area (Å²) < 4.78 is 5.00. The van der Waals surface area contributed by atoms with Gasteiger partial charge in [0.2, 0.25) is 0 Å². The van der Waals surface area contributed by atoms with Crippen molar-refractivity contribution in [2.75, 3.05) is 13.1 Å². The zero-order valence-electron chi connectivity index (χ0n) is 9.70. The van der Waals surface area contributed by atoms with Crippen molar-refractivity contribution in [3.63, 3.8) is 0 Å². The zero-order chi connectivity index (χ0) is 10.9. The lowest BCUT2D eigenvalue weighted by molar-refractivity contribution is -0.0404. The van der Waals surface area contributed by atoms with Crippen LogP contribution in [0.5, 0.6) is 0 Å². The monoisotopic (exact) mass is 208 g/mol. The summed E-state index contributed by atoms with van der Waals surface area (Å²) in [6.07, 6.45) is 6.66. The molecule has 0 amide bonds. The fourth-order valence-electron chi connectivity index (χ4n) is 3.29. The Morgan fingerprint density at radius 1 is 1.33 bits per heavy atom. The molecule has 0 bridgehead atoms. The van der Waals surface area contributed by atoms with Gasteiger partial charge in [-0.25, -0.2) is 0 Å². The fourth-order valence-corrected chi connectivity index (χ4v) is 3.29. The van der Waals surface area contributed by atoms with Crippen LogP contribution in [0.3, 0.4) is 0 Å². The van der Waals surface area contributed by atoms with E-state index >= 15 is 0 Å². The molecule has 1 aliphatic heterocycles. The molecule has 1 saturated carbocycles. The first-order valence-electron chi connectivity index (χ1n) is 5.94. The van der Waals surface area contributed by atoms with E-state index in [4.69, 9.17) is 10.00 Å². The molecule has 0 N–H and O–H groups in total. The summed E-state index contributed by atoms with van der Waals surface area (Å²) in [5.41, 5.74) is 0.441. The molecule has 2 rings (SSSR count). The topological polar surface area (TPSA) is 36.3 Å². The van der Waals surface area contributed by atoms with Crippen LogP contribution in [0.15, 0.2) is 0 Å². The lowest BCUT2D eigenvalue weighted by Gasteiger charge is -2.53. The molecule has 2 fully saturated rings. The third-order valence-corrected chi connectivity index (χ3v) is 4.00. The molecule has 3 nitrogen and oxygen atoms in total. The molecule has 0 spiro atoms. The average molecular weight is 208 g/mol. The third kappa shape index (κ3) is 2.10. The summed E-state index contributed by atoms with van der Waals surface area (Å²) in [4.78, 5) is 2.59. The molecule has 0 radical (unpaired) electrons. The summed E-state index contributed by atoms with van der Waals surface area (Å²) in [5, 5.41) is 8.45. The van der Waals surface area contributed by atoms with E-state index in [1.54, 1.807) is 0 Å². The van der Waals surface area contributed by atoms with Crippen LogP contribution >= 0.6 is 0 Å². The first-order chi connectivity index (χ1) is 7.14. The van der Waals surface area contributed by atoms with Gasteiger partial charge in [-0.1, -0.05) is 6.92 Å². The van der Waals surface area contributed by atoms with Crippen LogP contribution in [-0.2, 0) is 4.74 Å². The molecule has 1 heterocycles. The molecule has 0 aromatic heterocycles. The Morgan fingerprint density at radius 2 is 1.93 bits per heavy atom. The molecule has 1 saturated heterocycles. The largest absolute Gasteiger partial charge is 0.424 e. The molecule has 0 aromatic rings. The summed E-state index contributed by atoms with van der Waals surface area (Å²) >= 11 is 0. The molecule has 0 unspecified atom stereocenters. The minimum Gasteiger partial charge on any atom is -0.424 e. The Bertz CT molecular complexity index is 257. The quantitative estimate of drug-likeness (QED) is 0.652. The van der Waals surface area contributed by atoms with Gasteiger partial charge in [-0.3, -0.25) is 4.90 Å². The molecule has 1 aliphatic carbocycles. The van der Waals surface area contributed by atoms with E-state index in [1.807, 2.05) is 6.26 Å². The van der Waals surface area contributed by atoms with Gasteiger partial charge in [0.1, 0.15) is 6.10 Å². The zero-order valence-corrected chi connectivity index (χ0v) is 9.70. The molecule has 3 heteroatoms. The molecular weight excluding hydrogens is 188 g/mol. The first-order valence-corrected chi connectivity index (χ1v) is 5.94. The van der Waals surface area contributed by atoms with Crippen molar-refractivity contribution in [1.82, 2.24) is 4.90 Å². The summed E-state index contributed by atoms with van der Waals surface area (Å²) in [6.45, 7) is 6.89. The third-order valence-electron chi connectivity index (χ3n) is 4.00. The highest BCUT2D eigenvalue weighted by Gasteiger charge is 2.43. The van der Waals surface area contributed by atoms with Gasteiger partial charge in [0.25, 0.3) is 6.26 Å². The van der Waals surface area contributed by atoms with Crippen molar-refractivity contribution in [3.05, 3.63) is 0 Å². The average Bonchev–Trinajstić information content (AvgIpc) is 2.17. The van der Waals surface area contributed by atoms with Crippen molar-refractivity contribution in [2.45, 2.75) is 51.2 Å². The first kappa shape index (κ1) is 10.8. The van der Waals surface area contributed by atoms with Gasteiger partial charge in [0, 0.05) is 18.6 Å². The standard InChI is InChI=1S/C12H20N2O/c1-10-7-12(2,8-10)14-5-3-11(4-6-14)15-9-13/h10-11H,3-8H2,1-2H3. The minimum atomic E-state index is 0.173. The normalized spacial score (nSPS) is 38.1. The minimum absolute atomic E-state index is 0.173. The van der Waals surface area contributed by atoms with Crippen LogP contribution in [-0.4, -0.2) is 29.6 Å².